The zero-order chi connectivity index (χ0) is 12.3. The van der Waals surface area contributed by atoms with Gasteiger partial charge in [0.1, 0.15) is 11.6 Å². The van der Waals surface area contributed by atoms with Crippen molar-refractivity contribution in [2.45, 2.75) is 25.7 Å². The summed E-state index contributed by atoms with van der Waals surface area (Å²) in [5, 5.41) is 9.12. The van der Waals surface area contributed by atoms with E-state index in [0.717, 1.165) is 0 Å². The number of benzene rings is 1. The van der Waals surface area contributed by atoms with Crippen LogP contribution in [-0.4, -0.2) is 5.78 Å². The molecule has 0 aliphatic carbocycles. The Kier molecular flexibility index (Phi) is 3.82. The average Bonchev–Trinajstić information content (AvgIpc) is 2.20. The molecule has 0 radical (unpaired) electrons. The van der Waals surface area contributed by atoms with Crippen molar-refractivity contribution in [3.05, 3.63) is 34.1 Å². The van der Waals surface area contributed by atoms with Gasteiger partial charge in [0, 0.05) is 16.5 Å². The molecular formula is C12H11BrFNO. The first-order valence-electron chi connectivity index (χ1n) is 4.75. The lowest BCUT2D eigenvalue weighted by Gasteiger charge is -2.21. The van der Waals surface area contributed by atoms with Gasteiger partial charge in [0.25, 0.3) is 0 Å². The number of hydrogen-bond donors (Lipinski definition) is 0. The maximum atomic E-state index is 13.6. The minimum Gasteiger partial charge on any atom is -0.300 e. The molecule has 1 unspecified atom stereocenters. The molecule has 1 rings (SSSR count). The Bertz CT molecular complexity index is 467. The second-order valence-electron chi connectivity index (χ2n) is 3.95. The van der Waals surface area contributed by atoms with Gasteiger partial charge in [-0.2, -0.15) is 5.26 Å². The molecule has 4 heteroatoms. The number of ketones is 1. The highest BCUT2D eigenvalue weighted by atomic mass is 79.9. The van der Waals surface area contributed by atoms with Gasteiger partial charge in [-0.1, -0.05) is 15.9 Å². The van der Waals surface area contributed by atoms with E-state index in [4.69, 9.17) is 5.26 Å². The van der Waals surface area contributed by atoms with Crippen LogP contribution in [0.15, 0.2) is 22.7 Å². The quantitative estimate of drug-likeness (QED) is 0.854. The van der Waals surface area contributed by atoms with Crippen LogP contribution in [-0.2, 0) is 10.2 Å². The lowest BCUT2D eigenvalue weighted by Crippen LogP contribution is -2.24. The molecule has 0 N–H and O–H groups in total. The van der Waals surface area contributed by atoms with Crippen LogP contribution in [0.4, 0.5) is 4.39 Å². The summed E-state index contributed by atoms with van der Waals surface area (Å²) < 4.78 is 14.3. The predicted octanol–water partition coefficient (Wildman–Crippen LogP) is 3.35. The van der Waals surface area contributed by atoms with Gasteiger partial charge in [-0.25, -0.2) is 4.39 Å². The molecule has 0 heterocycles. The molecule has 2 nitrogen and oxygen atoms in total. The number of carbonyl (C=O) groups is 1. The van der Waals surface area contributed by atoms with Crippen molar-refractivity contribution in [1.82, 2.24) is 0 Å². The van der Waals surface area contributed by atoms with E-state index in [1.165, 1.54) is 13.0 Å². The Hall–Kier alpha value is -1.21. The molecular weight excluding hydrogens is 273 g/mol. The van der Waals surface area contributed by atoms with Crippen molar-refractivity contribution in [3.8, 4) is 6.07 Å². The zero-order valence-corrected chi connectivity index (χ0v) is 10.6. The van der Waals surface area contributed by atoms with Gasteiger partial charge in [-0.3, -0.25) is 4.79 Å². The van der Waals surface area contributed by atoms with Gasteiger partial charge >= 0.3 is 0 Å². The van der Waals surface area contributed by atoms with Crippen LogP contribution in [0.5, 0.6) is 0 Å². The second-order valence-corrected chi connectivity index (χ2v) is 4.86. The minimum atomic E-state index is -1.11. The maximum absolute atomic E-state index is 13.6. The van der Waals surface area contributed by atoms with E-state index in [2.05, 4.69) is 15.9 Å². The fourth-order valence-electron chi connectivity index (χ4n) is 1.61. The molecule has 1 atom stereocenters. The third kappa shape index (κ3) is 2.67. The number of halogens is 2. The molecule has 0 saturated carbocycles. The van der Waals surface area contributed by atoms with Crippen LogP contribution in [0.2, 0.25) is 0 Å². The molecule has 1 aromatic rings. The third-order valence-electron chi connectivity index (χ3n) is 2.37. The molecule has 1 aromatic carbocycles. The summed E-state index contributed by atoms with van der Waals surface area (Å²) in [4.78, 5) is 11.1. The zero-order valence-electron chi connectivity index (χ0n) is 9.05. The summed E-state index contributed by atoms with van der Waals surface area (Å²) in [5.41, 5.74) is -0.862. The van der Waals surface area contributed by atoms with Gasteiger partial charge in [0.05, 0.1) is 11.5 Å². The lowest BCUT2D eigenvalue weighted by atomic mass is 9.79. The summed E-state index contributed by atoms with van der Waals surface area (Å²) in [6.07, 6.45) is 0.0108. The van der Waals surface area contributed by atoms with E-state index in [9.17, 15) is 9.18 Å². The molecule has 16 heavy (non-hydrogen) atoms. The van der Waals surface area contributed by atoms with Gasteiger partial charge in [0.2, 0.25) is 0 Å². The smallest absolute Gasteiger partial charge is 0.131 e. The monoisotopic (exact) mass is 283 g/mol. The Morgan fingerprint density at radius 1 is 1.62 bits per heavy atom. The Morgan fingerprint density at radius 2 is 2.25 bits per heavy atom. The largest absolute Gasteiger partial charge is 0.300 e. The molecule has 0 spiro atoms. The molecule has 0 aromatic heterocycles. The second kappa shape index (κ2) is 4.75. The fraction of sp³-hybridized carbons (Fsp3) is 0.333. The van der Waals surface area contributed by atoms with Crippen molar-refractivity contribution in [2.75, 3.05) is 0 Å². The van der Waals surface area contributed by atoms with Crippen LogP contribution in [0.25, 0.3) is 0 Å². The van der Waals surface area contributed by atoms with Gasteiger partial charge in [0.15, 0.2) is 0 Å². The van der Waals surface area contributed by atoms with E-state index < -0.39 is 11.2 Å². The summed E-state index contributed by atoms with van der Waals surface area (Å²) in [6, 6.07) is 6.40. The van der Waals surface area contributed by atoms with Crippen LogP contribution < -0.4 is 0 Å². The molecule has 84 valence electrons. The fourth-order valence-corrected chi connectivity index (χ4v) is 1.97. The van der Waals surface area contributed by atoms with Crippen molar-refractivity contribution in [3.63, 3.8) is 0 Å². The number of nitrogens with zero attached hydrogens (tertiary/aromatic N) is 1. The van der Waals surface area contributed by atoms with Gasteiger partial charge in [-0.15, -0.1) is 0 Å². The highest BCUT2D eigenvalue weighted by molar-refractivity contribution is 9.10. The summed E-state index contributed by atoms with van der Waals surface area (Å²) in [6.45, 7) is 2.96. The van der Waals surface area contributed by atoms with Crippen molar-refractivity contribution in [2.24, 2.45) is 0 Å². The molecule has 0 amide bonds. The molecule has 0 aliphatic heterocycles. The van der Waals surface area contributed by atoms with Crippen LogP contribution in [0.1, 0.15) is 25.8 Å². The first-order chi connectivity index (χ1) is 7.39. The average molecular weight is 284 g/mol. The molecule has 0 saturated heterocycles. The third-order valence-corrected chi connectivity index (χ3v) is 2.87. The number of carbonyl (C=O) groups excluding carboxylic acids is 1. The number of rotatable bonds is 3. The van der Waals surface area contributed by atoms with Gasteiger partial charge in [-0.05, 0) is 32.0 Å². The van der Waals surface area contributed by atoms with E-state index in [0.29, 0.717) is 4.47 Å². The first kappa shape index (κ1) is 12.9. The van der Waals surface area contributed by atoms with Crippen molar-refractivity contribution in [1.29, 1.82) is 5.26 Å². The highest BCUT2D eigenvalue weighted by Crippen LogP contribution is 2.31. The summed E-state index contributed by atoms with van der Waals surface area (Å²) in [7, 11) is 0. The Balaban J connectivity index is 3.28. The highest BCUT2D eigenvalue weighted by Gasteiger charge is 2.31. The maximum Gasteiger partial charge on any atom is 0.131 e. The van der Waals surface area contributed by atoms with Crippen molar-refractivity contribution < 1.29 is 9.18 Å². The number of Topliss-reactive ketones (excluding diaryl/α,β-unsaturated/α-hetero) is 1. The van der Waals surface area contributed by atoms with E-state index in [-0.39, 0.29) is 17.8 Å². The molecule has 0 fully saturated rings. The number of hydrogen-bond acceptors (Lipinski definition) is 2. The minimum absolute atomic E-state index is 0.0108. The topological polar surface area (TPSA) is 40.9 Å². The summed E-state index contributed by atoms with van der Waals surface area (Å²) in [5.74, 6) is -0.600. The van der Waals surface area contributed by atoms with Crippen LogP contribution in [0.3, 0.4) is 0 Å². The van der Waals surface area contributed by atoms with E-state index in [1.807, 2.05) is 6.07 Å². The van der Waals surface area contributed by atoms with E-state index in [1.54, 1.807) is 19.1 Å². The van der Waals surface area contributed by atoms with Crippen LogP contribution >= 0.6 is 15.9 Å². The Labute approximate surface area is 102 Å². The predicted molar refractivity (Wildman–Crippen MR) is 62.4 cm³/mol. The Morgan fingerprint density at radius 3 is 2.75 bits per heavy atom. The van der Waals surface area contributed by atoms with Crippen LogP contribution in [0, 0.1) is 17.1 Å². The molecule has 0 aliphatic rings. The number of nitriles is 1. The summed E-state index contributed by atoms with van der Waals surface area (Å²) >= 11 is 3.22. The van der Waals surface area contributed by atoms with E-state index >= 15 is 0 Å². The van der Waals surface area contributed by atoms with Gasteiger partial charge < -0.3 is 0 Å². The lowest BCUT2D eigenvalue weighted by molar-refractivity contribution is -0.117. The molecule has 0 bridgehead atoms. The first-order valence-corrected chi connectivity index (χ1v) is 5.54. The standard InChI is InChI=1S/C12H11BrFNO/c1-8(16)6-12(2,7-15)10-5-9(13)3-4-11(10)14/h3-5H,6H2,1-2H3. The SMILES string of the molecule is CC(=O)CC(C)(C#N)c1cc(Br)ccc1F. The normalized spacial score (nSPS) is 13.9. The van der Waals surface area contributed by atoms with Crippen molar-refractivity contribution >= 4 is 21.7 Å².